The Kier molecular flexibility index (Phi) is 4.66. The van der Waals surface area contributed by atoms with Gasteiger partial charge in [0.05, 0.1) is 17.5 Å². The molecule has 5 heteroatoms. The molecule has 0 aromatic carbocycles. The van der Waals surface area contributed by atoms with Gasteiger partial charge in [-0.05, 0) is 38.0 Å². The largest absolute Gasteiger partial charge is 0.488 e. The SMILES string of the molecule is CCN(Cc1ccc(Cl)s1)C(=O)C1=CCCCO1. The maximum Gasteiger partial charge on any atom is 0.288 e. The van der Waals surface area contributed by atoms with Crippen molar-refractivity contribution in [2.75, 3.05) is 13.2 Å². The maximum absolute atomic E-state index is 12.2. The summed E-state index contributed by atoms with van der Waals surface area (Å²) in [5.74, 6) is 0.465. The van der Waals surface area contributed by atoms with Gasteiger partial charge in [0.15, 0.2) is 5.76 Å². The predicted molar refractivity (Wildman–Crippen MR) is 73.7 cm³/mol. The van der Waals surface area contributed by atoms with E-state index < -0.39 is 0 Å². The second-order valence-corrected chi connectivity index (χ2v) is 5.88. The molecule has 1 aliphatic rings. The van der Waals surface area contributed by atoms with Crippen LogP contribution < -0.4 is 0 Å². The summed E-state index contributed by atoms with van der Waals surface area (Å²) in [4.78, 5) is 15.1. The second-order valence-electron chi connectivity index (χ2n) is 4.08. The number of thiophene rings is 1. The third-order valence-electron chi connectivity index (χ3n) is 2.79. The van der Waals surface area contributed by atoms with Crippen molar-refractivity contribution in [1.82, 2.24) is 4.90 Å². The molecule has 2 heterocycles. The van der Waals surface area contributed by atoms with Crippen LogP contribution in [-0.2, 0) is 16.1 Å². The molecule has 2 rings (SSSR count). The Morgan fingerprint density at radius 2 is 2.39 bits per heavy atom. The van der Waals surface area contributed by atoms with E-state index in [4.69, 9.17) is 16.3 Å². The van der Waals surface area contributed by atoms with E-state index in [0.717, 1.165) is 22.1 Å². The highest BCUT2D eigenvalue weighted by atomic mass is 35.5. The monoisotopic (exact) mass is 285 g/mol. The third kappa shape index (κ3) is 3.27. The number of halogens is 1. The van der Waals surface area contributed by atoms with E-state index in [1.165, 1.54) is 11.3 Å². The first-order chi connectivity index (χ1) is 8.70. The van der Waals surface area contributed by atoms with Gasteiger partial charge in [-0.25, -0.2) is 0 Å². The molecule has 0 bridgehead atoms. The van der Waals surface area contributed by atoms with Crippen LogP contribution >= 0.6 is 22.9 Å². The first-order valence-electron chi connectivity index (χ1n) is 6.07. The molecule has 0 radical (unpaired) electrons. The van der Waals surface area contributed by atoms with Crippen molar-refractivity contribution in [2.45, 2.75) is 26.3 Å². The van der Waals surface area contributed by atoms with Crippen molar-refractivity contribution in [3.63, 3.8) is 0 Å². The van der Waals surface area contributed by atoms with Gasteiger partial charge in [0, 0.05) is 11.4 Å². The zero-order valence-corrected chi connectivity index (χ0v) is 11.9. The summed E-state index contributed by atoms with van der Waals surface area (Å²) in [5, 5.41) is 0. The van der Waals surface area contributed by atoms with Gasteiger partial charge in [-0.15, -0.1) is 11.3 Å². The van der Waals surface area contributed by atoms with Crippen molar-refractivity contribution in [1.29, 1.82) is 0 Å². The van der Waals surface area contributed by atoms with Gasteiger partial charge in [-0.3, -0.25) is 4.79 Å². The number of carbonyl (C=O) groups is 1. The Labute approximate surface area is 116 Å². The molecule has 0 spiro atoms. The Balaban J connectivity index is 2.03. The van der Waals surface area contributed by atoms with E-state index in [0.29, 0.717) is 25.5 Å². The van der Waals surface area contributed by atoms with Crippen LogP contribution in [0.15, 0.2) is 24.0 Å². The number of allylic oxidation sites excluding steroid dienone is 1. The summed E-state index contributed by atoms with van der Waals surface area (Å²) in [6.07, 6.45) is 3.79. The topological polar surface area (TPSA) is 29.5 Å². The molecule has 1 aliphatic heterocycles. The van der Waals surface area contributed by atoms with E-state index in [1.54, 1.807) is 4.90 Å². The fraction of sp³-hybridized carbons (Fsp3) is 0.462. The van der Waals surface area contributed by atoms with Gasteiger partial charge in [-0.1, -0.05) is 11.6 Å². The molecule has 0 fully saturated rings. The highest BCUT2D eigenvalue weighted by Gasteiger charge is 2.20. The smallest absolute Gasteiger partial charge is 0.288 e. The standard InChI is InChI=1S/C13H16ClNO2S/c1-2-15(9-10-6-7-12(14)18-10)13(16)11-5-3-4-8-17-11/h5-7H,2-4,8-9H2,1H3. The van der Waals surface area contributed by atoms with Crippen LogP contribution in [0.25, 0.3) is 0 Å². The van der Waals surface area contributed by atoms with Crippen LogP contribution in [0, 0.1) is 0 Å². The van der Waals surface area contributed by atoms with Gasteiger partial charge in [-0.2, -0.15) is 0 Å². The molecular weight excluding hydrogens is 270 g/mol. The first kappa shape index (κ1) is 13.4. The Hall–Kier alpha value is -1.00. The zero-order valence-electron chi connectivity index (χ0n) is 10.3. The van der Waals surface area contributed by atoms with Gasteiger partial charge in [0.25, 0.3) is 5.91 Å². The van der Waals surface area contributed by atoms with Gasteiger partial charge >= 0.3 is 0 Å². The first-order valence-corrected chi connectivity index (χ1v) is 7.26. The number of hydrogen-bond acceptors (Lipinski definition) is 3. The minimum absolute atomic E-state index is 0.0262. The molecule has 18 heavy (non-hydrogen) atoms. The summed E-state index contributed by atoms with van der Waals surface area (Å²) in [6.45, 7) is 3.86. The molecule has 98 valence electrons. The number of amides is 1. The molecule has 0 atom stereocenters. The Morgan fingerprint density at radius 3 is 2.94 bits per heavy atom. The lowest BCUT2D eigenvalue weighted by atomic mass is 10.2. The summed E-state index contributed by atoms with van der Waals surface area (Å²) < 4.78 is 6.16. The van der Waals surface area contributed by atoms with Crippen molar-refractivity contribution in [2.24, 2.45) is 0 Å². The van der Waals surface area contributed by atoms with Crippen molar-refractivity contribution < 1.29 is 9.53 Å². The zero-order chi connectivity index (χ0) is 13.0. The van der Waals surface area contributed by atoms with E-state index in [2.05, 4.69) is 0 Å². The minimum atomic E-state index is -0.0262. The van der Waals surface area contributed by atoms with Crippen LogP contribution in [0.3, 0.4) is 0 Å². The molecule has 0 saturated carbocycles. The summed E-state index contributed by atoms with van der Waals surface area (Å²) >= 11 is 7.40. The summed E-state index contributed by atoms with van der Waals surface area (Å²) in [5.41, 5.74) is 0. The van der Waals surface area contributed by atoms with Gasteiger partial charge in [0.1, 0.15) is 0 Å². The lowest BCUT2D eigenvalue weighted by Crippen LogP contribution is -2.32. The molecule has 0 N–H and O–H groups in total. The fourth-order valence-corrected chi connectivity index (χ4v) is 2.92. The third-order valence-corrected chi connectivity index (χ3v) is 4.01. The molecule has 1 aromatic rings. The summed E-state index contributed by atoms with van der Waals surface area (Å²) in [7, 11) is 0. The highest BCUT2D eigenvalue weighted by Crippen LogP contribution is 2.23. The van der Waals surface area contributed by atoms with Crippen LogP contribution in [-0.4, -0.2) is 24.0 Å². The van der Waals surface area contributed by atoms with Crippen LogP contribution in [0.1, 0.15) is 24.6 Å². The number of nitrogens with zero attached hydrogens (tertiary/aromatic N) is 1. The van der Waals surface area contributed by atoms with Crippen molar-refractivity contribution in [3.05, 3.63) is 33.2 Å². The van der Waals surface area contributed by atoms with E-state index >= 15 is 0 Å². The number of carbonyl (C=O) groups excluding carboxylic acids is 1. The number of ether oxygens (including phenoxy) is 1. The molecule has 1 aromatic heterocycles. The normalized spacial score (nSPS) is 14.9. The Bertz CT molecular complexity index is 456. The summed E-state index contributed by atoms with van der Waals surface area (Å²) in [6, 6.07) is 3.81. The van der Waals surface area contributed by atoms with E-state index in [9.17, 15) is 4.79 Å². The quantitative estimate of drug-likeness (QED) is 0.848. The van der Waals surface area contributed by atoms with Crippen LogP contribution in [0.5, 0.6) is 0 Å². The van der Waals surface area contributed by atoms with Crippen molar-refractivity contribution >= 4 is 28.8 Å². The maximum atomic E-state index is 12.2. The molecule has 0 unspecified atom stereocenters. The molecule has 0 saturated heterocycles. The van der Waals surface area contributed by atoms with Gasteiger partial charge < -0.3 is 9.64 Å². The predicted octanol–water partition coefficient (Wildman–Crippen LogP) is 3.44. The molecule has 1 amide bonds. The Morgan fingerprint density at radius 1 is 1.56 bits per heavy atom. The molecule has 0 aliphatic carbocycles. The lowest BCUT2D eigenvalue weighted by molar-refractivity contribution is -0.131. The number of hydrogen-bond donors (Lipinski definition) is 0. The van der Waals surface area contributed by atoms with Crippen LogP contribution in [0.4, 0.5) is 0 Å². The molecular formula is C13H16ClNO2S. The number of rotatable bonds is 4. The minimum Gasteiger partial charge on any atom is -0.488 e. The lowest BCUT2D eigenvalue weighted by Gasteiger charge is -2.23. The van der Waals surface area contributed by atoms with Crippen LogP contribution in [0.2, 0.25) is 4.34 Å². The fourth-order valence-electron chi connectivity index (χ4n) is 1.81. The second kappa shape index (κ2) is 6.25. The highest BCUT2D eigenvalue weighted by molar-refractivity contribution is 7.16. The van der Waals surface area contributed by atoms with Gasteiger partial charge in [0.2, 0.25) is 0 Å². The average Bonchev–Trinajstić information content (AvgIpc) is 2.82. The average molecular weight is 286 g/mol. The van der Waals surface area contributed by atoms with Crippen molar-refractivity contribution in [3.8, 4) is 0 Å². The number of likely N-dealkylation sites (N-methyl/N-ethyl adjacent to an activating group) is 1. The molecule has 3 nitrogen and oxygen atoms in total. The van der Waals surface area contributed by atoms with E-state index in [-0.39, 0.29) is 5.91 Å². The van der Waals surface area contributed by atoms with E-state index in [1.807, 2.05) is 25.1 Å².